The van der Waals surface area contributed by atoms with Gasteiger partial charge in [0.1, 0.15) is 23.2 Å². The minimum absolute atomic E-state index is 0.109. The predicted octanol–water partition coefficient (Wildman–Crippen LogP) is 4.63. The summed E-state index contributed by atoms with van der Waals surface area (Å²) in [5, 5.41) is 14.7. The summed E-state index contributed by atoms with van der Waals surface area (Å²) >= 11 is 0. The third-order valence-corrected chi connectivity index (χ3v) is 4.71. The Morgan fingerprint density at radius 3 is 2.33 bits per heavy atom. The lowest BCUT2D eigenvalue weighted by atomic mass is 10.1. The van der Waals surface area contributed by atoms with Crippen molar-refractivity contribution in [1.82, 2.24) is 5.32 Å². The van der Waals surface area contributed by atoms with Crippen LogP contribution in [-0.2, 0) is 9.59 Å². The van der Waals surface area contributed by atoms with Gasteiger partial charge < -0.3 is 15.4 Å². The highest BCUT2D eigenvalue weighted by molar-refractivity contribution is 6.09. The molecule has 3 rings (SSSR count). The van der Waals surface area contributed by atoms with Crippen LogP contribution in [0.4, 0.5) is 10.1 Å². The van der Waals surface area contributed by atoms with Crippen LogP contribution in [0.5, 0.6) is 5.75 Å². The summed E-state index contributed by atoms with van der Waals surface area (Å²) in [4.78, 5) is 24.5. The molecular weight excluding hydrogens is 421 g/mol. The molecule has 0 unspecified atom stereocenters. The first-order valence-corrected chi connectivity index (χ1v) is 10.2. The fourth-order valence-corrected chi connectivity index (χ4v) is 2.96. The Hall–Kier alpha value is -4.44. The molecule has 0 saturated carbocycles. The van der Waals surface area contributed by atoms with Crippen LogP contribution in [0, 0.1) is 17.1 Å². The van der Waals surface area contributed by atoms with Gasteiger partial charge in [0.15, 0.2) is 6.61 Å². The summed E-state index contributed by atoms with van der Waals surface area (Å²) in [6, 6.07) is 23.2. The Labute approximate surface area is 191 Å². The SMILES string of the molecule is C[C@H](NC(=O)COc1ccc(/C=C(\C#N)C(=O)Nc2ccc(F)cc2)cc1)c1ccccc1. The van der Waals surface area contributed by atoms with E-state index >= 15 is 0 Å². The first-order chi connectivity index (χ1) is 15.9. The third-order valence-electron chi connectivity index (χ3n) is 4.71. The van der Waals surface area contributed by atoms with Gasteiger partial charge in [0.05, 0.1) is 6.04 Å². The highest BCUT2D eigenvalue weighted by Crippen LogP contribution is 2.16. The van der Waals surface area contributed by atoms with Crippen molar-refractivity contribution < 1.29 is 18.7 Å². The topological polar surface area (TPSA) is 91.2 Å². The number of ether oxygens (including phenoxy) is 1. The lowest BCUT2D eigenvalue weighted by Crippen LogP contribution is -2.31. The molecule has 2 amide bonds. The number of nitrogens with zero attached hydrogens (tertiary/aromatic N) is 1. The maximum Gasteiger partial charge on any atom is 0.266 e. The van der Waals surface area contributed by atoms with E-state index in [1.54, 1.807) is 24.3 Å². The summed E-state index contributed by atoms with van der Waals surface area (Å²) < 4.78 is 18.5. The van der Waals surface area contributed by atoms with Gasteiger partial charge in [-0.3, -0.25) is 9.59 Å². The fraction of sp³-hybridized carbons (Fsp3) is 0.115. The predicted molar refractivity (Wildman–Crippen MR) is 124 cm³/mol. The Morgan fingerprint density at radius 2 is 1.70 bits per heavy atom. The molecule has 7 heteroatoms. The Morgan fingerprint density at radius 1 is 1.03 bits per heavy atom. The van der Waals surface area contributed by atoms with Gasteiger partial charge in [0.25, 0.3) is 11.8 Å². The highest BCUT2D eigenvalue weighted by Gasteiger charge is 2.11. The van der Waals surface area contributed by atoms with Crippen molar-refractivity contribution in [3.05, 3.63) is 101 Å². The summed E-state index contributed by atoms with van der Waals surface area (Å²) in [5.41, 5.74) is 1.88. The van der Waals surface area contributed by atoms with E-state index in [1.807, 2.05) is 43.3 Å². The van der Waals surface area contributed by atoms with Gasteiger partial charge in [-0.15, -0.1) is 0 Å². The van der Waals surface area contributed by atoms with Crippen molar-refractivity contribution >= 4 is 23.6 Å². The number of hydrogen-bond donors (Lipinski definition) is 2. The number of nitrogens with one attached hydrogen (secondary N) is 2. The van der Waals surface area contributed by atoms with Crippen LogP contribution < -0.4 is 15.4 Å². The van der Waals surface area contributed by atoms with Crippen molar-refractivity contribution in [2.24, 2.45) is 0 Å². The number of amides is 2. The summed E-state index contributed by atoms with van der Waals surface area (Å²) in [6.45, 7) is 1.75. The number of carbonyl (C=O) groups is 2. The molecule has 2 N–H and O–H groups in total. The summed E-state index contributed by atoms with van der Waals surface area (Å²) in [5.74, 6) is -0.799. The molecule has 0 aliphatic heterocycles. The minimum Gasteiger partial charge on any atom is -0.484 e. The number of rotatable bonds is 8. The number of anilines is 1. The lowest BCUT2D eigenvalue weighted by Gasteiger charge is -2.14. The van der Waals surface area contributed by atoms with Crippen LogP contribution >= 0.6 is 0 Å². The molecule has 0 radical (unpaired) electrons. The average molecular weight is 443 g/mol. The molecule has 0 heterocycles. The quantitative estimate of drug-likeness (QED) is 0.392. The zero-order valence-corrected chi connectivity index (χ0v) is 17.9. The molecule has 0 aliphatic carbocycles. The molecule has 0 aromatic heterocycles. The van der Waals surface area contributed by atoms with Crippen molar-refractivity contribution in [3.63, 3.8) is 0 Å². The summed E-state index contributed by atoms with van der Waals surface area (Å²) in [7, 11) is 0. The van der Waals surface area contributed by atoms with Gasteiger partial charge >= 0.3 is 0 Å². The number of nitriles is 1. The molecular formula is C26H22FN3O3. The van der Waals surface area contributed by atoms with E-state index < -0.39 is 11.7 Å². The Kier molecular flexibility index (Phi) is 7.92. The summed E-state index contributed by atoms with van der Waals surface area (Å²) in [6.07, 6.45) is 1.43. The number of benzene rings is 3. The maximum atomic E-state index is 13.0. The van der Waals surface area contributed by atoms with E-state index in [4.69, 9.17) is 4.74 Å². The van der Waals surface area contributed by atoms with E-state index in [-0.39, 0.29) is 24.1 Å². The van der Waals surface area contributed by atoms with Gasteiger partial charge in [0, 0.05) is 5.69 Å². The van der Waals surface area contributed by atoms with E-state index in [0.717, 1.165) is 5.56 Å². The third kappa shape index (κ3) is 7.04. The van der Waals surface area contributed by atoms with Crippen LogP contribution in [0.15, 0.2) is 84.4 Å². The largest absolute Gasteiger partial charge is 0.484 e. The molecule has 0 aliphatic rings. The normalized spacial score (nSPS) is 11.7. The molecule has 1 atom stereocenters. The second kappa shape index (κ2) is 11.3. The van der Waals surface area contributed by atoms with E-state index in [2.05, 4.69) is 10.6 Å². The Balaban J connectivity index is 1.54. The van der Waals surface area contributed by atoms with Crippen molar-refractivity contribution in [2.45, 2.75) is 13.0 Å². The van der Waals surface area contributed by atoms with Crippen molar-refractivity contribution in [1.29, 1.82) is 5.26 Å². The van der Waals surface area contributed by atoms with Gasteiger partial charge in [-0.1, -0.05) is 42.5 Å². The zero-order valence-electron chi connectivity index (χ0n) is 17.9. The minimum atomic E-state index is -0.603. The monoisotopic (exact) mass is 443 g/mol. The maximum absolute atomic E-state index is 13.0. The van der Waals surface area contributed by atoms with Gasteiger partial charge in [0.2, 0.25) is 0 Å². The standard InChI is InChI=1S/C26H22FN3O3/c1-18(20-5-3-2-4-6-20)29-25(31)17-33-24-13-7-19(8-14-24)15-21(16-28)26(32)30-23-11-9-22(27)10-12-23/h2-15,18H,17H2,1H3,(H,29,31)(H,30,32)/b21-15+/t18-/m0/s1. The van der Waals surface area contributed by atoms with E-state index in [0.29, 0.717) is 17.0 Å². The molecule has 0 saturated heterocycles. The van der Waals surface area contributed by atoms with E-state index in [1.165, 1.54) is 30.3 Å². The average Bonchev–Trinajstić information content (AvgIpc) is 2.83. The van der Waals surface area contributed by atoms with Crippen LogP contribution in [0.25, 0.3) is 6.08 Å². The van der Waals surface area contributed by atoms with Crippen molar-refractivity contribution in [3.8, 4) is 11.8 Å². The second-order valence-electron chi connectivity index (χ2n) is 7.19. The fourth-order valence-electron chi connectivity index (χ4n) is 2.96. The lowest BCUT2D eigenvalue weighted by molar-refractivity contribution is -0.123. The second-order valence-corrected chi connectivity index (χ2v) is 7.19. The number of hydrogen-bond acceptors (Lipinski definition) is 4. The highest BCUT2D eigenvalue weighted by atomic mass is 19.1. The molecule has 166 valence electrons. The molecule has 0 spiro atoms. The van der Waals surface area contributed by atoms with E-state index in [9.17, 15) is 19.2 Å². The Bertz CT molecular complexity index is 1170. The first kappa shape index (κ1) is 23.2. The molecule has 33 heavy (non-hydrogen) atoms. The van der Waals surface area contributed by atoms with Crippen molar-refractivity contribution in [2.75, 3.05) is 11.9 Å². The smallest absolute Gasteiger partial charge is 0.266 e. The van der Waals surface area contributed by atoms with Crippen LogP contribution in [0.3, 0.4) is 0 Å². The van der Waals surface area contributed by atoms with Gasteiger partial charge in [-0.25, -0.2) is 4.39 Å². The molecule has 3 aromatic rings. The van der Waals surface area contributed by atoms with Gasteiger partial charge in [-0.05, 0) is 60.5 Å². The molecule has 0 fully saturated rings. The number of halogens is 1. The van der Waals surface area contributed by atoms with Crippen LogP contribution in [0.2, 0.25) is 0 Å². The first-order valence-electron chi connectivity index (χ1n) is 10.2. The molecule has 0 bridgehead atoms. The van der Waals surface area contributed by atoms with Crippen LogP contribution in [-0.4, -0.2) is 18.4 Å². The number of carbonyl (C=O) groups excluding carboxylic acids is 2. The van der Waals surface area contributed by atoms with Crippen LogP contribution in [0.1, 0.15) is 24.1 Å². The van der Waals surface area contributed by atoms with Gasteiger partial charge in [-0.2, -0.15) is 5.26 Å². The molecule has 6 nitrogen and oxygen atoms in total. The molecule has 3 aromatic carbocycles. The zero-order chi connectivity index (χ0) is 23.6.